The summed E-state index contributed by atoms with van der Waals surface area (Å²) >= 11 is 1.66. The Kier molecular flexibility index (Phi) is 8.15. The van der Waals surface area contributed by atoms with Gasteiger partial charge in [-0.25, -0.2) is 0 Å². The molecule has 0 aliphatic carbocycles. The van der Waals surface area contributed by atoms with Crippen molar-refractivity contribution in [1.29, 1.82) is 0 Å². The van der Waals surface area contributed by atoms with Crippen LogP contribution in [0.3, 0.4) is 0 Å². The fraction of sp³-hybridized carbons (Fsp3) is 0.667. The first-order valence-corrected chi connectivity index (χ1v) is 10.5. The van der Waals surface area contributed by atoms with Gasteiger partial charge in [0.25, 0.3) is 0 Å². The number of likely N-dealkylation sites (tertiary alicyclic amines) is 1. The Balaban J connectivity index is 1.96. The molecule has 1 aliphatic heterocycles. The number of carbonyl (C=O) groups excluding carboxylic acids is 2. The molecule has 1 aliphatic rings. The van der Waals surface area contributed by atoms with Crippen molar-refractivity contribution in [2.45, 2.75) is 38.3 Å². The predicted octanol–water partition coefficient (Wildman–Crippen LogP) is 1.17. The Morgan fingerprint density at radius 1 is 1.41 bits per heavy atom. The highest BCUT2D eigenvalue weighted by Crippen LogP contribution is 2.19. The largest absolute Gasteiger partial charge is 0.471 e. The van der Waals surface area contributed by atoms with Crippen LogP contribution >= 0.6 is 11.8 Å². The van der Waals surface area contributed by atoms with Crippen molar-refractivity contribution in [3.05, 3.63) is 12.1 Å². The molecule has 2 atom stereocenters. The molecule has 1 N–H and O–H groups in total. The number of aromatic nitrogens is 2. The lowest BCUT2D eigenvalue weighted by molar-refractivity contribution is -0.138. The number of amides is 2. The van der Waals surface area contributed by atoms with Crippen LogP contribution in [0.4, 0.5) is 5.82 Å². The second-order valence-corrected chi connectivity index (χ2v) is 7.81. The summed E-state index contributed by atoms with van der Waals surface area (Å²) in [5.41, 5.74) is 0. The van der Waals surface area contributed by atoms with Crippen LogP contribution in [0.25, 0.3) is 0 Å². The Bertz CT molecular complexity index is 626. The molecule has 27 heavy (non-hydrogen) atoms. The lowest BCUT2D eigenvalue weighted by Gasteiger charge is -2.34. The highest BCUT2D eigenvalue weighted by Gasteiger charge is 2.30. The molecular formula is C18H29N5O3S. The first-order valence-electron chi connectivity index (χ1n) is 9.13. The first-order chi connectivity index (χ1) is 12.9. The molecule has 0 spiro atoms. The SMILES string of the molecule is CSCCC(NC(C)=O)C(=O)N1CCCC(Oc2ccc(N(C)C)nn2)C1. The molecule has 8 nitrogen and oxygen atoms in total. The van der Waals surface area contributed by atoms with E-state index in [4.69, 9.17) is 4.74 Å². The number of thioether (sulfide) groups is 1. The molecule has 1 fully saturated rings. The average Bonchev–Trinajstić information content (AvgIpc) is 2.65. The third-order valence-corrected chi connectivity index (χ3v) is 4.99. The van der Waals surface area contributed by atoms with Crippen LogP contribution in [0.2, 0.25) is 0 Å². The maximum absolute atomic E-state index is 12.9. The lowest BCUT2D eigenvalue weighted by Crippen LogP contribution is -2.52. The number of anilines is 1. The van der Waals surface area contributed by atoms with E-state index in [1.165, 1.54) is 6.92 Å². The molecule has 0 aromatic carbocycles. The zero-order chi connectivity index (χ0) is 19.8. The number of nitrogens with zero attached hydrogens (tertiary/aromatic N) is 4. The molecule has 150 valence electrons. The average molecular weight is 396 g/mol. The number of nitrogens with one attached hydrogen (secondary N) is 1. The van der Waals surface area contributed by atoms with Gasteiger partial charge < -0.3 is 19.9 Å². The molecule has 1 aromatic rings. The van der Waals surface area contributed by atoms with Gasteiger partial charge in [0.1, 0.15) is 12.1 Å². The zero-order valence-electron chi connectivity index (χ0n) is 16.5. The minimum Gasteiger partial charge on any atom is -0.471 e. The normalized spacial score (nSPS) is 17.9. The highest BCUT2D eigenvalue weighted by atomic mass is 32.2. The number of carbonyl (C=O) groups is 2. The van der Waals surface area contributed by atoms with E-state index in [1.807, 2.05) is 31.3 Å². The third kappa shape index (κ3) is 6.57. The van der Waals surface area contributed by atoms with E-state index < -0.39 is 6.04 Å². The maximum atomic E-state index is 12.9. The summed E-state index contributed by atoms with van der Waals surface area (Å²) in [4.78, 5) is 28.0. The summed E-state index contributed by atoms with van der Waals surface area (Å²) in [6.45, 7) is 2.61. The zero-order valence-corrected chi connectivity index (χ0v) is 17.3. The standard InChI is InChI=1S/C18H29N5O3S/c1-13(24)19-15(9-11-27-4)18(25)23-10-5-6-14(12-23)26-17-8-7-16(20-21-17)22(2)3/h7-8,14-15H,5-6,9-12H2,1-4H3,(H,19,24). The van der Waals surface area contributed by atoms with E-state index in [9.17, 15) is 9.59 Å². The summed E-state index contributed by atoms with van der Waals surface area (Å²) in [6.07, 6.45) is 4.20. The van der Waals surface area contributed by atoms with Gasteiger partial charge in [-0.15, -0.1) is 10.2 Å². The van der Waals surface area contributed by atoms with Crippen molar-refractivity contribution in [2.75, 3.05) is 44.1 Å². The first kappa shape index (κ1) is 21.3. The van der Waals surface area contributed by atoms with Crippen LogP contribution in [0.15, 0.2) is 12.1 Å². The van der Waals surface area contributed by atoms with Crippen LogP contribution in [0, 0.1) is 0 Å². The summed E-state index contributed by atoms with van der Waals surface area (Å²) in [5.74, 6) is 1.81. The number of piperidine rings is 1. The molecular weight excluding hydrogens is 366 g/mol. The number of hydrogen-bond donors (Lipinski definition) is 1. The molecule has 0 saturated carbocycles. The van der Waals surface area contributed by atoms with E-state index in [0.29, 0.717) is 25.4 Å². The summed E-state index contributed by atoms with van der Waals surface area (Å²) in [6, 6.07) is 3.17. The Labute approximate surface area is 165 Å². The van der Waals surface area contributed by atoms with Gasteiger partial charge in [0.2, 0.25) is 17.7 Å². The van der Waals surface area contributed by atoms with Crippen molar-refractivity contribution < 1.29 is 14.3 Å². The van der Waals surface area contributed by atoms with Gasteiger partial charge in [-0.05, 0) is 37.3 Å². The van der Waals surface area contributed by atoms with Crippen molar-refractivity contribution in [2.24, 2.45) is 0 Å². The van der Waals surface area contributed by atoms with E-state index >= 15 is 0 Å². The van der Waals surface area contributed by atoms with E-state index in [2.05, 4.69) is 15.5 Å². The van der Waals surface area contributed by atoms with Crippen molar-refractivity contribution in [3.63, 3.8) is 0 Å². The van der Waals surface area contributed by atoms with E-state index in [-0.39, 0.29) is 17.9 Å². The third-order valence-electron chi connectivity index (χ3n) is 4.35. The Morgan fingerprint density at radius 2 is 2.19 bits per heavy atom. The molecule has 1 saturated heterocycles. The summed E-state index contributed by atoms with van der Waals surface area (Å²) < 4.78 is 5.93. The molecule has 2 heterocycles. The molecule has 2 unspecified atom stereocenters. The maximum Gasteiger partial charge on any atom is 0.245 e. The quantitative estimate of drug-likeness (QED) is 0.707. The van der Waals surface area contributed by atoms with Gasteiger partial charge in [-0.3, -0.25) is 9.59 Å². The van der Waals surface area contributed by atoms with Gasteiger partial charge in [0.05, 0.1) is 6.54 Å². The number of hydrogen-bond acceptors (Lipinski definition) is 7. The van der Waals surface area contributed by atoms with Crippen molar-refractivity contribution >= 4 is 29.4 Å². The number of rotatable bonds is 8. The van der Waals surface area contributed by atoms with Crippen LogP contribution in [0.5, 0.6) is 5.88 Å². The van der Waals surface area contributed by atoms with Crippen LogP contribution in [0.1, 0.15) is 26.2 Å². The minimum atomic E-state index is -0.479. The monoisotopic (exact) mass is 395 g/mol. The van der Waals surface area contributed by atoms with Gasteiger partial charge >= 0.3 is 0 Å². The van der Waals surface area contributed by atoms with Gasteiger partial charge in [0.15, 0.2) is 5.82 Å². The molecule has 9 heteroatoms. The van der Waals surface area contributed by atoms with E-state index in [1.54, 1.807) is 22.7 Å². The molecule has 2 rings (SSSR count). The Morgan fingerprint density at radius 3 is 2.78 bits per heavy atom. The van der Waals surface area contributed by atoms with Crippen LogP contribution < -0.4 is 15.0 Å². The van der Waals surface area contributed by atoms with E-state index in [0.717, 1.165) is 24.4 Å². The Hall–Kier alpha value is -2.03. The van der Waals surface area contributed by atoms with Crippen molar-refractivity contribution in [1.82, 2.24) is 20.4 Å². The topological polar surface area (TPSA) is 87.7 Å². The second kappa shape index (κ2) is 10.3. The molecule has 2 amide bonds. The lowest BCUT2D eigenvalue weighted by atomic mass is 10.1. The van der Waals surface area contributed by atoms with Crippen molar-refractivity contribution in [3.8, 4) is 5.88 Å². The molecule has 0 radical (unpaired) electrons. The molecule has 0 bridgehead atoms. The fourth-order valence-corrected chi connectivity index (χ4v) is 3.45. The van der Waals surface area contributed by atoms with Crippen LogP contribution in [-0.4, -0.2) is 78.3 Å². The highest BCUT2D eigenvalue weighted by molar-refractivity contribution is 7.98. The summed E-state index contributed by atoms with van der Waals surface area (Å²) in [7, 11) is 3.80. The predicted molar refractivity (Wildman–Crippen MR) is 107 cm³/mol. The summed E-state index contributed by atoms with van der Waals surface area (Å²) in [5, 5.41) is 11.0. The minimum absolute atomic E-state index is 0.0402. The van der Waals surface area contributed by atoms with Gasteiger partial charge in [-0.2, -0.15) is 11.8 Å². The fourth-order valence-electron chi connectivity index (χ4n) is 2.98. The van der Waals surface area contributed by atoms with Gasteiger partial charge in [0, 0.05) is 33.6 Å². The molecule has 1 aromatic heterocycles. The van der Waals surface area contributed by atoms with Crippen LogP contribution in [-0.2, 0) is 9.59 Å². The number of ether oxygens (including phenoxy) is 1. The van der Waals surface area contributed by atoms with Gasteiger partial charge in [-0.1, -0.05) is 0 Å². The second-order valence-electron chi connectivity index (χ2n) is 6.83. The smallest absolute Gasteiger partial charge is 0.245 e.